The molecule has 0 radical (unpaired) electrons. The van der Waals surface area contributed by atoms with Crippen LogP contribution in [-0.2, 0) is 9.59 Å². The van der Waals surface area contributed by atoms with E-state index in [-0.39, 0.29) is 30.3 Å². The fraction of sp³-hybridized carbons (Fsp3) is 0.440. The summed E-state index contributed by atoms with van der Waals surface area (Å²) in [6, 6.07) is 14.9. The molecule has 166 valence electrons. The van der Waals surface area contributed by atoms with Crippen LogP contribution in [-0.4, -0.2) is 42.5 Å². The van der Waals surface area contributed by atoms with Gasteiger partial charge in [-0.3, -0.25) is 9.59 Å². The molecule has 3 rings (SSSR count). The lowest BCUT2D eigenvalue weighted by molar-refractivity contribution is -0.141. The van der Waals surface area contributed by atoms with Crippen LogP contribution in [0.2, 0.25) is 0 Å². The highest BCUT2D eigenvalue weighted by Crippen LogP contribution is 2.36. The van der Waals surface area contributed by atoms with Crippen molar-refractivity contribution in [2.75, 3.05) is 20.7 Å². The number of rotatable bonds is 7. The minimum absolute atomic E-state index is 0.0233. The Morgan fingerprint density at radius 3 is 2.32 bits per heavy atom. The quantitative estimate of drug-likeness (QED) is 0.712. The Morgan fingerprint density at radius 2 is 1.74 bits per heavy atom. The van der Waals surface area contributed by atoms with Gasteiger partial charge in [-0.05, 0) is 41.2 Å². The SMILES string of the molecule is COc1ccc(C2C(C(=O)NCC(O)c3ccc(C(C)C)cc3)CCC(=O)N2C)cc1. The number of carbonyl (C=O) groups is 2. The Morgan fingerprint density at radius 1 is 1.13 bits per heavy atom. The van der Waals surface area contributed by atoms with E-state index in [0.29, 0.717) is 18.8 Å². The molecule has 31 heavy (non-hydrogen) atoms. The smallest absolute Gasteiger partial charge is 0.225 e. The minimum Gasteiger partial charge on any atom is -0.497 e. The molecule has 3 atom stereocenters. The fourth-order valence-corrected chi connectivity index (χ4v) is 4.12. The number of carbonyl (C=O) groups excluding carboxylic acids is 2. The number of piperidine rings is 1. The molecule has 2 aromatic carbocycles. The van der Waals surface area contributed by atoms with Gasteiger partial charge in [0, 0.05) is 20.0 Å². The molecule has 1 heterocycles. The zero-order valence-electron chi connectivity index (χ0n) is 18.7. The second-order valence-electron chi connectivity index (χ2n) is 8.45. The van der Waals surface area contributed by atoms with Gasteiger partial charge in [-0.2, -0.15) is 0 Å². The predicted octanol–water partition coefficient (Wildman–Crippen LogP) is 3.58. The van der Waals surface area contributed by atoms with Crippen LogP contribution >= 0.6 is 0 Å². The maximum atomic E-state index is 13.1. The molecular weight excluding hydrogens is 392 g/mol. The van der Waals surface area contributed by atoms with Crippen molar-refractivity contribution in [2.45, 2.75) is 44.8 Å². The Bertz CT molecular complexity index is 893. The summed E-state index contributed by atoms with van der Waals surface area (Å²) in [6.45, 7) is 4.37. The molecule has 1 aliphatic rings. The van der Waals surface area contributed by atoms with Gasteiger partial charge in [-0.15, -0.1) is 0 Å². The van der Waals surface area contributed by atoms with E-state index in [1.165, 1.54) is 5.56 Å². The second kappa shape index (κ2) is 9.96. The fourth-order valence-electron chi connectivity index (χ4n) is 4.12. The highest BCUT2D eigenvalue weighted by Gasteiger charge is 2.38. The van der Waals surface area contributed by atoms with Crippen molar-refractivity contribution in [1.82, 2.24) is 10.2 Å². The monoisotopic (exact) mass is 424 g/mol. The number of ether oxygens (including phenoxy) is 1. The normalized spacial score (nSPS) is 19.9. The number of benzene rings is 2. The number of aliphatic hydroxyl groups is 1. The van der Waals surface area contributed by atoms with Gasteiger partial charge in [0.25, 0.3) is 0 Å². The number of amides is 2. The van der Waals surface area contributed by atoms with E-state index < -0.39 is 6.10 Å². The van der Waals surface area contributed by atoms with Crippen molar-refractivity contribution in [1.29, 1.82) is 0 Å². The van der Waals surface area contributed by atoms with Gasteiger partial charge in [-0.1, -0.05) is 50.2 Å². The molecule has 1 saturated heterocycles. The van der Waals surface area contributed by atoms with Crippen molar-refractivity contribution in [3.8, 4) is 5.75 Å². The van der Waals surface area contributed by atoms with Crippen LogP contribution in [0, 0.1) is 5.92 Å². The highest BCUT2D eigenvalue weighted by atomic mass is 16.5. The highest BCUT2D eigenvalue weighted by molar-refractivity contribution is 5.85. The van der Waals surface area contributed by atoms with Crippen molar-refractivity contribution in [2.24, 2.45) is 5.92 Å². The first-order valence-corrected chi connectivity index (χ1v) is 10.8. The molecule has 0 aliphatic carbocycles. The Balaban J connectivity index is 1.69. The predicted molar refractivity (Wildman–Crippen MR) is 120 cm³/mol. The molecule has 0 bridgehead atoms. The van der Waals surface area contributed by atoms with Crippen LogP contribution in [0.25, 0.3) is 0 Å². The number of aliphatic hydroxyl groups excluding tert-OH is 1. The number of likely N-dealkylation sites (tertiary alicyclic amines) is 1. The van der Waals surface area contributed by atoms with Crippen molar-refractivity contribution < 1.29 is 19.4 Å². The molecule has 0 spiro atoms. The molecule has 2 amide bonds. The molecule has 2 N–H and O–H groups in total. The van der Waals surface area contributed by atoms with Crippen LogP contribution in [0.1, 0.15) is 61.4 Å². The first-order valence-electron chi connectivity index (χ1n) is 10.8. The van der Waals surface area contributed by atoms with Crippen LogP contribution in [0.15, 0.2) is 48.5 Å². The minimum atomic E-state index is -0.785. The third-order valence-corrected chi connectivity index (χ3v) is 6.11. The zero-order valence-corrected chi connectivity index (χ0v) is 18.7. The van der Waals surface area contributed by atoms with Crippen LogP contribution < -0.4 is 10.1 Å². The third-order valence-electron chi connectivity index (χ3n) is 6.11. The van der Waals surface area contributed by atoms with Gasteiger partial charge in [0.05, 0.1) is 25.2 Å². The molecular formula is C25H32N2O4. The summed E-state index contributed by atoms with van der Waals surface area (Å²) in [7, 11) is 3.34. The van der Waals surface area contributed by atoms with Gasteiger partial charge in [-0.25, -0.2) is 0 Å². The summed E-state index contributed by atoms with van der Waals surface area (Å²) in [6.07, 6.45) is 0.0262. The lowest BCUT2D eigenvalue weighted by atomic mass is 9.84. The van der Waals surface area contributed by atoms with E-state index in [1.54, 1.807) is 19.1 Å². The summed E-state index contributed by atoms with van der Waals surface area (Å²) in [5, 5.41) is 13.4. The van der Waals surface area contributed by atoms with E-state index in [1.807, 2.05) is 48.5 Å². The maximum absolute atomic E-state index is 13.1. The summed E-state index contributed by atoms with van der Waals surface area (Å²) in [5.74, 6) is 0.632. The first-order chi connectivity index (χ1) is 14.8. The topological polar surface area (TPSA) is 78.9 Å². The van der Waals surface area contributed by atoms with Gasteiger partial charge in [0.15, 0.2) is 0 Å². The van der Waals surface area contributed by atoms with Gasteiger partial charge in [0.2, 0.25) is 11.8 Å². The number of methoxy groups -OCH3 is 1. The van der Waals surface area contributed by atoms with Gasteiger partial charge in [0.1, 0.15) is 5.75 Å². The first kappa shape index (κ1) is 22.8. The summed E-state index contributed by atoms with van der Waals surface area (Å²) in [5.41, 5.74) is 2.87. The lowest BCUT2D eigenvalue weighted by Crippen LogP contribution is -2.46. The summed E-state index contributed by atoms with van der Waals surface area (Å²) in [4.78, 5) is 27.0. The summed E-state index contributed by atoms with van der Waals surface area (Å²) >= 11 is 0. The van der Waals surface area contributed by atoms with Crippen LogP contribution in [0.3, 0.4) is 0 Å². The van der Waals surface area contributed by atoms with Crippen molar-refractivity contribution >= 4 is 11.8 Å². The standard InChI is InChI=1S/C25H32N2O4/c1-16(2)17-5-7-18(8-6-17)22(28)15-26-25(30)21-13-14-23(29)27(3)24(21)19-9-11-20(31-4)12-10-19/h5-12,16,21-22,24,28H,13-15H2,1-4H3,(H,26,30). The van der Waals surface area contributed by atoms with Crippen LogP contribution in [0.4, 0.5) is 0 Å². The van der Waals surface area contributed by atoms with Crippen LogP contribution in [0.5, 0.6) is 5.75 Å². The van der Waals surface area contributed by atoms with Gasteiger partial charge >= 0.3 is 0 Å². The van der Waals surface area contributed by atoms with E-state index >= 15 is 0 Å². The molecule has 2 aromatic rings. The van der Waals surface area contributed by atoms with Gasteiger partial charge < -0.3 is 20.1 Å². The Hall–Kier alpha value is -2.86. The molecule has 0 saturated carbocycles. The average Bonchev–Trinajstić information content (AvgIpc) is 2.79. The Kier molecular flexibility index (Phi) is 7.33. The molecule has 1 fully saturated rings. The lowest BCUT2D eigenvalue weighted by Gasteiger charge is -2.38. The number of hydrogen-bond donors (Lipinski definition) is 2. The van der Waals surface area contributed by atoms with Crippen molar-refractivity contribution in [3.05, 3.63) is 65.2 Å². The molecule has 6 nitrogen and oxygen atoms in total. The maximum Gasteiger partial charge on any atom is 0.225 e. The van der Waals surface area contributed by atoms with E-state index in [4.69, 9.17) is 4.74 Å². The van der Waals surface area contributed by atoms with E-state index in [9.17, 15) is 14.7 Å². The molecule has 3 unspecified atom stereocenters. The zero-order chi connectivity index (χ0) is 22.5. The number of nitrogens with one attached hydrogen (secondary N) is 1. The molecule has 6 heteroatoms. The summed E-state index contributed by atoms with van der Waals surface area (Å²) < 4.78 is 5.22. The number of hydrogen-bond acceptors (Lipinski definition) is 4. The molecule has 1 aliphatic heterocycles. The van der Waals surface area contributed by atoms with E-state index in [0.717, 1.165) is 16.9 Å². The largest absolute Gasteiger partial charge is 0.497 e. The Labute approximate surface area is 184 Å². The third kappa shape index (κ3) is 5.25. The average molecular weight is 425 g/mol. The molecule has 0 aromatic heterocycles. The van der Waals surface area contributed by atoms with Crippen molar-refractivity contribution in [3.63, 3.8) is 0 Å². The number of nitrogens with zero attached hydrogens (tertiary/aromatic N) is 1. The van der Waals surface area contributed by atoms with E-state index in [2.05, 4.69) is 19.2 Å². The second-order valence-corrected chi connectivity index (χ2v) is 8.45.